The highest BCUT2D eigenvalue weighted by molar-refractivity contribution is 5.85. The van der Waals surface area contributed by atoms with Crippen molar-refractivity contribution in [3.05, 3.63) is 23.8 Å². The van der Waals surface area contributed by atoms with Gasteiger partial charge in [0.2, 0.25) is 0 Å². The van der Waals surface area contributed by atoms with Crippen molar-refractivity contribution in [2.75, 3.05) is 33.3 Å². The molecule has 2 aliphatic rings. The topological polar surface area (TPSA) is 44.7 Å². The van der Waals surface area contributed by atoms with Gasteiger partial charge in [-0.2, -0.15) is 0 Å². The van der Waals surface area contributed by atoms with Crippen LogP contribution in [0.3, 0.4) is 0 Å². The van der Waals surface area contributed by atoms with Crippen LogP contribution in [-0.2, 0) is 0 Å². The van der Waals surface area contributed by atoms with E-state index in [-0.39, 0.29) is 24.8 Å². The third kappa shape index (κ3) is 3.99. The van der Waals surface area contributed by atoms with Crippen LogP contribution < -0.4 is 10.1 Å². The molecule has 0 radical (unpaired) electrons. The zero-order valence-electron chi connectivity index (χ0n) is 13.0. The van der Waals surface area contributed by atoms with Crippen molar-refractivity contribution in [3.8, 4) is 11.5 Å². The Bertz CT molecular complexity index is 463. The van der Waals surface area contributed by atoms with Gasteiger partial charge in [-0.05, 0) is 37.0 Å². The van der Waals surface area contributed by atoms with E-state index in [0.29, 0.717) is 17.7 Å². The third-order valence-corrected chi connectivity index (χ3v) is 4.69. The molecule has 0 spiro atoms. The molecule has 1 saturated carbocycles. The Morgan fingerprint density at radius 3 is 2.45 bits per heavy atom. The average Bonchev–Trinajstić information content (AvgIpc) is 2.44. The minimum Gasteiger partial charge on any atom is -0.508 e. The fourth-order valence-electron chi connectivity index (χ4n) is 3.36. The van der Waals surface area contributed by atoms with Crippen molar-refractivity contribution in [2.45, 2.75) is 25.3 Å². The SMILES string of the molecule is COc1ccc(O)c([C@@H](C2CCC2)N2CCNCC2)c1.Cl.Cl. The van der Waals surface area contributed by atoms with E-state index in [9.17, 15) is 5.11 Å². The molecular weight excluding hydrogens is 323 g/mol. The van der Waals surface area contributed by atoms with E-state index in [0.717, 1.165) is 37.5 Å². The molecule has 1 aromatic rings. The molecule has 0 aromatic heterocycles. The second-order valence-corrected chi connectivity index (χ2v) is 5.85. The highest BCUT2D eigenvalue weighted by Crippen LogP contribution is 2.44. The van der Waals surface area contributed by atoms with Gasteiger partial charge in [0.15, 0.2) is 0 Å². The number of nitrogens with one attached hydrogen (secondary N) is 1. The van der Waals surface area contributed by atoms with Crippen LogP contribution in [0.2, 0.25) is 0 Å². The summed E-state index contributed by atoms with van der Waals surface area (Å²) in [5, 5.41) is 13.7. The number of ether oxygens (including phenoxy) is 1. The number of phenolic OH excluding ortho intramolecular Hbond substituents is 1. The number of methoxy groups -OCH3 is 1. The first kappa shape index (κ1) is 19.4. The summed E-state index contributed by atoms with van der Waals surface area (Å²) < 4.78 is 5.34. The van der Waals surface area contributed by atoms with E-state index in [2.05, 4.69) is 10.2 Å². The van der Waals surface area contributed by atoms with Crippen LogP contribution in [0.25, 0.3) is 0 Å². The highest BCUT2D eigenvalue weighted by Gasteiger charge is 2.35. The van der Waals surface area contributed by atoms with Crippen molar-refractivity contribution in [3.63, 3.8) is 0 Å². The summed E-state index contributed by atoms with van der Waals surface area (Å²) in [6.45, 7) is 4.18. The minimum atomic E-state index is 0. The summed E-state index contributed by atoms with van der Waals surface area (Å²) in [7, 11) is 1.68. The maximum Gasteiger partial charge on any atom is 0.120 e. The molecule has 1 atom stereocenters. The number of benzene rings is 1. The lowest BCUT2D eigenvalue weighted by molar-refractivity contribution is 0.0818. The molecule has 1 aromatic carbocycles. The van der Waals surface area contributed by atoms with Crippen LogP contribution in [0.4, 0.5) is 0 Å². The largest absolute Gasteiger partial charge is 0.508 e. The van der Waals surface area contributed by atoms with E-state index in [1.165, 1.54) is 19.3 Å². The summed E-state index contributed by atoms with van der Waals surface area (Å²) in [5.41, 5.74) is 1.04. The molecular formula is C16H26Cl2N2O2. The molecule has 1 heterocycles. The highest BCUT2D eigenvalue weighted by atomic mass is 35.5. The predicted molar refractivity (Wildman–Crippen MR) is 93.7 cm³/mol. The maximum absolute atomic E-state index is 10.3. The molecule has 3 rings (SSSR count). The van der Waals surface area contributed by atoms with Crippen molar-refractivity contribution in [1.29, 1.82) is 0 Å². The molecule has 0 bridgehead atoms. The van der Waals surface area contributed by atoms with E-state index in [4.69, 9.17) is 4.74 Å². The second kappa shape index (κ2) is 8.82. The Morgan fingerprint density at radius 1 is 1.23 bits per heavy atom. The first-order chi connectivity index (χ1) is 9.79. The number of halogens is 2. The van der Waals surface area contributed by atoms with Gasteiger partial charge in [0.05, 0.1) is 7.11 Å². The Kier molecular flexibility index (Phi) is 7.77. The van der Waals surface area contributed by atoms with Crippen LogP contribution >= 0.6 is 24.8 Å². The fourth-order valence-corrected chi connectivity index (χ4v) is 3.36. The van der Waals surface area contributed by atoms with Gasteiger partial charge in [-0.15, -0.1) is 24.8 Å². The molecule has 1 saturated heterocycles. The quantitative estimate of drug-likeness (QED) is 0.877. The Morgan fingerprint density at radius 2 is 1.91 bits per heavy atom. The zero-order valence-corrected chi connectivity index (χ0v) is 14.6. The zero-order chi connectivity index (χ0) is 13.9. The van der Waals surface area contributed by atoms with E-state index < -0.39 is 0 Å². The number of aromatic hydroxyl groups is 1. The summed E-state index contributed by atoms with van der Waals surface area (Å²) >= 11 is 0. The standard InChI is InChI=1S/C16H24N2O2.2ClH/c1-20-13-5-6-15(19)14(11-13)16(12-3-2-4-12)18-9-7-17-8-10-18;;/h5-6,11-12,16-17,19H,2-4,7-10H2,1H3;2*1H/t16-;;/m1../s1. The van der Waals surface area contributed by atoms with Crippen LogP contribution in [0.15, 0.2) is 18.2 Å². The van der Waals surface area contributed by atoms with Crippen LogP contribution in [-0.4, -0.2) is 43.3 Å². The Labute approximate surface area is 145 Å². The van der Waals surface area contributed by atoms with Gasteiger partial charge in [-0.1, -0.05) is 6.42 Å². The van der Waals surface area contributed by atoms with Gasteiger partial charge in [0.1, 0.15) is 11.5 Å². The molecule has 2 N–H and O–H groups in total. The van der Waals surface area contributed by atoms with Crippen molar-refractivity contribution in [1.82, 2.24) is 10.2 Å². The molecule has 0 amide bonds. The van der Waals surface area contributed by atoms with Crippen molar-refractivity contribution >= 4 is 24.8 Å². The predicted octanol–water partition coefficient (Wildman–Crippen LogP) is 2.99. The maximum atomic E-state index is 10.3. The van der Waals surface area contributed by atoms with Crippen LogP contribution in [0, 0.1) is 5.92 Å². The van der Waals surface area contributed by atoms with E-state index in [1.54, 1.807) is 13.2 Å². The van der Waals surface area contributed by atoms with Crippen molar-refractivity contribution < 1.29 is 9.84 Å². The average molecular weight is 349 g/mol. The van der Waals surface area contributed by atoms with E-state index in [1.807, 2.05) is 12.1 Å². The van der Waals surface area contributed by atoms with Gasteiger partial charge in [0.25, 0.3) is 0 Å². The molecule has 0 unspecified atom stereocenters. The molecule has 1 aliphatic heterocycles. The molecule has 2 fully saturated rings. The lowest BCUT2D eigenvalue weighted by Crippen LogP contribution is -2.47. The fraction of sp³-hybridized carbons (Fsp3) is 0.625. The summed E-state index contributed by atoms with van der Waals surface area (Å²) in [6.07, 6.45) is 3.86. The number of hydrogen-bond donors (Lipinski definition) is 2. The lowest BCUT2D eigenvalue weighted by atomic mass is 9.76. The van der Waals surface area contributed by atoms with Gasteiger partial charge < -0.3 is 15.2 Å². The molecule has 6 heteroatoms. The van der Waals surface area contributed by atoms with Gasteiger partial charge >= 0.3 is 0 Å². The van der Waals surface area contributed by atoms with Gasteiger partial charge in [-0.25, -0.2) is 0 Å². The number of hydrogen-bond acceptors (Lipinski definition) is 4. The third-order valence-electron chi connectivity index (χ3n) is 4.69. The summed E-state index contributed by atoms with van der Waals surface area (Å²) in [4.78, 5) is 2.52. The summed E-state index contributed by atoms with van der Waals surface area (Å²) in [6, 6.07) is 5.94. The molecule has 126 valence electrons. The Hall–Kier alpha value is -0.680. The first-order valence-electron chi connectivity index (χ1n) is 7.61. The molecule has 22 heavy (non-hydrogen) atoms. The monoisotopic (exact) mass is 348 g/mol. The molecule has 1 aliphatic carbocycles. The Balaban J connectivity index is 0.00000121. The summed E-state index contributed by atoms with van der Waals surface area (Å²) in [5.74, 6) is 1.91. The number of phenols is 1. The minimum absolute atomic E-state index is 0. The van der Waals surface area contributed by atoms with E-state index >= 15 is 0 Å². The van der Waals surface area contributed by atoms with Crippen molar-refractivity contribution in [2.24, 2.45) is 5.92 Å². The normalized spacial score (nSPS) is 20.2. The van der Waals surface area contributed by atoms with Gasteiger partial charge in [0, 0.05) is 37.8 Å². The van der Waals surface area contributed by atoms with Gasteiger partial charge in [-0.3, -0.25) is 4.90 Å². The molecule has 4 nitrogen and oxygen atoms in total. The number of nitrogens with zero attached hydrogens (tertiary/aromatic N) is 1. The number of piperazine rings is 1. The number of rotatable bonds is 4. The van der Waals surface area contributed by atoms with Crippen LogP contribution in [0.1, 0.15) is 30.9 Å². The van der Waals surface area contributed by atoms with Crippen LogP contribution in [0.5, 0.6) is 11.5 Å². The second-order valence-electron chi connectivity index (χ2n) is 5.85. The smallest absolute Gasteiger partial charge is 0.120 e. The first-order valence-corrected chi connectivity index (χ1v) is 7.61. The lowest BCUT2D eigenvalue weighted by Gasteiger charge is -2.43.